The number of hydrogen-bond acceptors (Lipinski definition) is 3. The monoisotopic (exact) mass is 347 g/mol. The molecule has 3 unspecified atom stereocenters. The van der Waals surface area contributed by atoms with Gasteiger partial charge in [-0.2, -0.15) is 0 Å². The standard InChI is InChI=1S/C8H16O3.Re/c1-3-10-7-4-6(2)11-8(7)5-9;/h6-9H,3-5H2,1-2H3;. The van der Waals surface area contributed by atoms with Crippen LogP contribution >= 0.6 is 0 Å². The summed E-state index contributed by atoms with van der Waals surface area (Å²) in [6, 6.07) is 0. The third kappa shape index (κ3) is 3.12. The zero-order valence-electron chi connectivity index (χ0n) is 7.50. The topological polar surface area (TPSA) is 38.7 Å². The third-order valence-corrected chi connectivity index (χ3v) is 1.95. The fourth-order valence-corrected chi connectivity index (χ4v) is 1.47. The molecule has 1 fully saturated rings. The third-order valence-electron chi connectivity index (χ3n) is 1.95. The Morgan fingerprint density at radius 1 is 1.58 bits per heavy atom. The van der Waals surface area contributed by atoms with Gasteiger partial charge >= 0.3 is 0 Å². The Bertz CT molecular complexity index is 121. The van der Waals surface area contributed by atoms with Crippen molar-refractivity contribution in [3.63, 3.8) is 0 Å². The van der Waals surface area contributed by atoms with Crippen LogP contribution in [0.25, 0.3) is 0 Å². The van der Waals surface area contributed by atoms with Crippen molar-refractivity contribution in [1.29, 1.82) is 0 Å². The second-order valence-corrected chi connectivity index (χ2v) is 2.90. The Morgan fingerprint density at radius 2 is 2.25 bits per heavy atom. The van der Waals surface area contributed by atoms with Crippen LogP contribution in [-0.2, 0) is 29.9 Å². The van der Waals surface area contributed by atoms with Crippen LogP contribution < -0.4 is 0 Å². The van der Waals surface area contributed by atoms with Crippen LogP contribution in [-0.4, -0.2) is 36.6 Å². The van der Waals surface area contributed by atoms with Crippen LogP contribution in [0, 0.1) is 0 Å². The van der Waals surface area contributed by atoms with Gasteiger partial charge in [-0.1, -0.05) is 0 Å². The van der Waals surface area contributed by atoms with Crippen molar-refractivity contribution in [1.82, 2.24) is 0 Å². The molecule has 0 bridgehead atoms. The zero-order chi connectivity index (χ0) is 8.27. The molecule has 0 aliphatic carbocycles. The largest absolute Gasteiger partial charge is 0.394 e. The van der Waals surface area contributed by atoms with Crippen LogP contribution in [0.2, 0.25) is 0 Å². The molecular formula is C8H16O3Re. The van der Waals surface area contributed by atoms with Gasteiger partial charge in [0.25, 0.3) is 0 Å². The van der Waals surface area contributed by atoms with E-state index in [1.807, 2.05) is 13.8 Å². The van der Waals surface area contributed by atoms with Crippen molar-refractivity contribution in [2.75, 3.05) is 13.2 Å². The van der Waals surface area contributed by atoms with Gasteiger partial charge in [0.2, 0.25) is 0 Å². The molecule has 0 saturated carbocycles. The van der Waals surface area contributed by atoms with Crippen molar-refractivity contribution in [2.45, 2.75) is 38.6 Å². The van der Waals surface area contributed by atoms with Gasteiger partial charge < -0.3 is 14.6 Å². The summed E-state index contributed by atoms with van der Waals surface area (Å²) in [4.78, 5) is 0. The molecule has 3 nitrogen and oxygen atoms in total. The van der Waals surface area contributed by atoms with E-state index in [9.17, 15) is 0 Å². The summed E-state index contributed by atoms with van der Waals surface area (Å²) < 4.78 is 10.8. The van der Waals surface area contributed by atoms with E-state index in [4.69, 9.17) is 14.6 Å². The van der Waals surface area contributed by atoms with Gasteiger partial charge in [-0.05, 0) is 13.8 Å². The average Bonchev–Trinajstić information content (AvgIpc) is 2.32. The maximum atomic E-state index is 8.88. The van der Waals surface area contributed by atoms with Gasteiger partial charge in [-0.25, -0.2) is 0 Å². The van der Waals surface area contributed by atoms with Gasteiger partial charge in [0.15, 0.2) is 0 Å². The van der Waals surface area contributed by atoms with E-state index in [0.29, 0.717) is 6.61 Å². The van der Waals surface area contributed by atoms with Crippen molar-refractivity contribution in [2.24, 2.45) is 0 Å². The molecule has 3 atom stereocenters. The minimum Gasteiger partial charge on any atom is -0.394 e. The number of aliphatic hydroxyl groups excluding tert-OH is 1. The number of hydrogen-bond donors (Lipinski definition) is 1. The Morgan fingerprint density at radius 3 is 2.75 bits per heavy atom. The molecule has 0 spiro atoms. The summed E-state index contributed by atoms with van der Waals surface area (Å²) in [6.07, 6.45) is 1.12. The van der Waals surface area contributed by atoms with Crippen LogP contribution in [0.15, 0.2) is 0 Å². The van der Waals surface area contributed by atoms with Crippen LogP contribution in [0.5, 0.6) is 0 Å². The van der Waals surface area contributed by atoms with E-state index in [-0.39, 0.29) is 45.3 Å². The molecule has 12 heavy (non-hydrogen) atoms. The van der Waals surface area contributed by atoms with E-state index in [1.54, 1.807) is 0 Å². The second-order valence-electron chi connectivity index (χ2n) is 2.90. The van der Waals surface area contributed by atoms with Crippen molar-refractivity contribution in [3.05, 3.63) is 0 Å². The van der Waals surface area contributed by atoms with Gasteiger partial charge in [0.1, 0.15) is 6.10 Å². The first kappa shape index (κ1) is 12.5. The van der Waals surface area contributed by atoms with Gasteiger partial charge in [0.05, 0.1) is 18.8 Å². The maximum absolute atomic E-state index is 8.88. The fourth-order valence-electron chi connectivity index (χ4n) is 1.47. The summed E-state index contributed by atoms with van der Waals surface area (Å²) in [7, 11) is 0. The number of ether oxygens (including phenoxy) is 2. The molecule has 4 heteroatoms. The first-order valence-corrected chi connectivity index (χ1v) is 4.15. The Kier molecular flexibility index (Phi) is 6.34. The predicted octanol–water partition coefficient (Wildman–Crippen LogP) is 0.559. The minimum absolute atomic E-state index is 0. The predicted molar refractivity (Wildman–Crippen MR) is 41.5 cm³/mol. The summed E-state index contributed by atoms with van der Waals surface area (Å²) >= 11 is 0. The van der Waals surface area contributed by atoms with E-state index in [0.717, 1.165) is 6.42 Å². The molecule has 0 aromatic rings. The second kappa shape index (κ2) is 6.07. The molecule has 0 amide bonds. The molecule has 1 saturated heterocycles. The average molecular weight is 346 g/mol. The van der Waals surface area contributed by atoms with E-state index in [1.165, 1.54) is 0 Å². The first-order valence-electron chi connectivity index (χ1n) is 4.15. The fraction of sp³-hybridized carbons (Fsp3) is 1.00. The molecule has 1 aliphatic rings. The number of aliphatic hydroxyl groups is 1. The quantitative estimate of drug-likeness (QED) is 0.812. The molecule has 0 aromatic heterocycles. The van der Waals surface area contributed by atoms with E-state index < -0.39 is 0 Å². The molecule has 1 rings (SSSR count). The van der Waals surface area contributed by atoms with E-state index >= 15 is 0 Å². The summed E-state index contributed by atoms with van der Waals surface area (Å²) in [5.74, 6) is 0. The summed E-state index contributed by atoms with van der Waals surface area (Å²) in [5.41, 5.74) is 0. The maximum Gasteiger partial charge on any atom is 0.107 e. The van der Waals surface area contributed by atoms with Gasteiger partial charge in [-0.15, -0.1) is 0 Å². The molecular weight excluding hydrogens is 330 g/mol. The van der Waals surface area contributed by atoms with Gasteiger partial charge in [0, 0.05) is 33.5 Å². The molecule has 1 radical (unpaired) electrons. The Hall–Kier alpha value is 0.542. The Balaban J connectivity index is 0.00000121. The van der Waals surface area contributed by atoms with Crippen molar-refractivity contribution < 1.29 is 35.0 Å². The van der Waals surface area contributed by atoms with Crippen LogP contribution in [0.4, 0.5) is 0 Å². The van der Waals surface area contributed by atoms with Crippen molar-refractivity contribution in [3.8, 4) is 0 Å². The number of rotatable bonds is 3. The Labute approximate surface area is 87.1 Å². The molecule has 1 heterocycles. The summed E-state index contributed by atoms with van der Waals surface area (Å²) in [6.45, 7) is 4.71. The molecule has 73 valence electrons. The van der Waals surface area contributed by atoms with Gasteiger partial charge in [-0.3, -0.25) is 0 Å². The normalized spacial score (nSPS) is 34.8. The first-order chi connectivity index (χ1) is 5.27. The zero-order valence-corrected chi connectivity index (χ0v) is 10.2. The molecule has 0 aromatic carbocycles. The van der Waals surface area contributed by atoms with E-state index in [2.05, 4.69) is 0 Å². The van der Waals surface area contributed by atoms with Crippen LogP contribution in [0.1, 0.15) is 20.3 Å². The molecule has 1 N–H and O–H groups in total. The minimum atomic E-state index is -0.107. The molecule has 1 aliphatic heterocycles. The smallest absolute Gasteiger partial charge is 0.107 e. The van der Waals surface area contributed by atoms with Crippen LogP contribution in [0.3, 0.4) is 0 Å². The summed E-state index contributed by atoms with van der Waals surface area (Å²) in [5, 5.41) is 8.88. The SMILES string of the molecule is CCOC1CC(C)OC1CO.[Re]. The van der Waals surface area contributed by atoms with Crippen molar-refractivity contribution >= 4 is 0 Å².